The van der Waals surface area contributed by atoms with Gasteiger partial charge in [-0.05, 0) is 38.1 Å². The molecule has 0 aromatic carbocycles. The molecule has 2 aliphatic rings. The number of carbonyl (C=O) groups excluding carboxylic acids is 1. The van der Waals surface area contributed by atoms with Gasteiger partial charge in [-0.1, -0.05) is 39.0 Å². The molecular weight excluding hydrogens is 268 g/mol. The zero-order valence-corrected chi connectivity index (χ0v) is 13.0. The molecule has 1 heterocycles. The molecule has 2 atom stereocenters. The van der Waals surface area contributed by atoms with Crippen molar-refractivity contribution >= 4 is 11.9 Å². The quantitative estimate of drug-likeness (QED) is 0.694. The van der Waals surface area contributed by atoms with E-state index in [-0.39, 0.29) is 11.9 Å². The number of carboxylic acid groups (broad SMARTS) is 1. The lowest BCUT2D eigenvalue weighted by molar-refractivity contribution is -0.148. The van der Waals surface area contributed by atoms with Gasteiger partial charge in [0.25, 0.3) is 0 Å². The van der Waals surface area contributed by atoms with Gasteiger partial charge in [-0.2, -0.15) is 0 Å². The molecular formula is C16H28N2O3. The van der Waals surface area contributed by atoms with Crippen LogP contribution in [-0.2, 0) is 9.59 Å². The molecule has 0 aromatic heterocycles. The normalized spacial score (nSPS) is 29.4. The van der Waals surface area contributed by atoms with Gasteiger partial charge in [0, 0.05) is 0 Å². The number of hydrogen-bond donors (Lipinski definition) is 3. The Balaban J connectivity index is 2.02. The molecule has 0 bridgehead atoms. The molecule has 0 aromatic rings. The molecule has 5 nitrogen and oxygen atoms in total. The van der Waals surface area contributed by atoms with E-state index in [0.29, 0.717) is 18.8 Å². The third-order valence-corrected chi connectivity index (χ3v) is 5.14. The highest BCUT2D eigenvalue weighted by Gasteiger charge is 2.41. The minimum atomic E-state index is -1.05. The van der Waals surface area contributed by atoms with Crippen LogP contribution in [0.15, 0.2) is 0 Å². The average molecular weight is 296 g/mol. The van der Waals surface area contributed by atoms with Crippen molar-refractivity contribution in [3.05, 3.63) is 0 Å². The Kier molecular flexibility index (Phi) is 5.62. The van der Waals surface area contributed by atoms with E-state index in [4.69, 9.17) is 0 Å². The SMILES string of the molecule is CCC1CCNC(C(=O)NC2(C(=O)O)CCCCCC2)C1. The molecule has 0 radical (unpaired) electrons. The monoisotopic (exact) mass is 296 g/mol. The van der Waals surface area contributed by atoms with Gasteiger partial charge in [0.1, 0.15) is 5.54 Å². The van der Waals surface area contributed by atoms with Crippen molar-refractivity contribution in [3.8, 4) is 0 Å². The van der Waals surface area contributed by atoms with Crippen molar-refractivity contribution < 1.29 is 14.7 Å². The summed E-state index contributed by atoms with van der Waals surface area (Å²) in [4.78, 5) is 24.2. The Morgan fingerprint density at radius 1 is 1.24 bits per heavy atom. The molecule has 0 spiro atoms. The van der Waals surface area contributed by atoms with Crippen LogP contribution in [0.2, 0.25) is 0 Å². The Bertz CT molecular complexity index is 376. The molecule has 2 unspecified atom stereocenters. The Labute approximate surface area is 126 Å². The zero-order valence-electron chi connectivity index (χ0n) is 13.0. The number of piperidine rings is 1. The highest BCUT2D eigenvalue weighted by atomic mass is 16.4. The van der Waals surface area contributed by atoms with Gasteiger partial charge >= 0.3 is 5.97 Å². The predicted molar refractivity (Wildman–Crippen MR) is 81.0 cm³/mol. The second-order valence-electron chi connectivity index (χ2n) is 6.60. The Morgan fingerprint density at radius 2 is 1.90 bits per heavy atom. The first-order valence-electron chi connectivity index (χ1n) is 8.36. The van der Waals surface area contributed by atoms with Crippen LogP contribution in [0.25, 0.3) is 0 Å². The number of nitrogens with one attached hydrogen (secondary N) is 2. The van der Waals surface area contributed by atoms with Crippen LogP contribution in [-0.4, -0.2) is 35.1 Å². The second-order valence-corrected chi connectivity index (χ2v) is 6.60. The standard InChI is InChI=1S/C16H28N2O3/c1-2-12-7-10-17-13(11-12)14(19)18-16(15(20)21)8-5-3-4-6-9-16/h12-13,17H,2-11H2,1H3,(H,18,19)(H,20,21). The summed E-state index contributed by atoms with van der Waals surface area (Å²) in [6, 6.07) is -0.233. The Hall–Kier alpha value is -1.10. The van der Waals surface area contributed by atoms with Crippen LogP contribution < -0.4 is 10.6 Å². The van der Waals surface area contributed by atoms with Crippen LogP contribution in [0.1, 0.15) is 64.7 Å². The average Bonchev–Trinajstić information content (AvgIpc) is 2.74. The predicted octanol–water partition coefficient (Wildman–Crippen LogP) is 2.06. The fraction of sp³-hybridized carbons (Fsp3) is 0.875. The summed E-state index contributed by atoms with van der Waals surface area (Å²) < 4.78 is 0. The third kappa shape index (κ3) is 3.96. The molecule has 1 saturated heterocycles. The second kappa shape index (κ2) is 7.25. The maximum Gasteiger partial charge on any atom is 0.329 e. The van der Waals surface area contributed by atoms with Crippen molar-refractivity contribution in [3.63, 3.8) is 0 Å². The number of amides is 1. The molecule has 5 heteroatoms. The van der Waals surface area contributed by atoms with E-state index in [1.807, 2.05) is 0 Å². The van der Waals surface area contributed by atoms with Crippen LogP contribution in [0.3, 0.4) is 0 Å². The summed E-state index contributed by atoms with van der Waals surface area (Å²) in [6.45, 7) is 2.99. The third-order valence-electron chi connectivity index (χ3n) is 5.14. The topological polar surface area (TPSA) is 78.4 Å². The van der Waals surface area contributed by atoms with E-state index in [1.54, 1.807) is 0 Å². The fourth-order valence-corrected chi connectivity index (χ4v) is 3.61. The number of carboxylic acids is 1. The van der Waals surface area contributed by atoms with Crippen LogP contribution in [0.4, 0.5) is 0 Å². The minimum absolute atomic E-state index is 0.127. The smallest absolute Gasteiger partial charge is 0.329 e. The summed E-state index contributed by atoms with van der Waals surface area (Å²) in [5.74, 6) is -0.435. The highest BCUT2D eigenvalue weighted by molar-refractivity contribution is 5.89. The van der Waals surface area contributed by atoms with Crippen LogP contribution in [0.5, 0.6) is 0 Å². The van der Waals surface area contributed by atoms with E-state index < -0.39 is 11.5 Å². The number of rotatable bonds is 4. The fourth-order valence-electron chi connectivity index (χ4n) is 3.61. The molecule has 1 amide bonds. The van der Waals surface area contributed by atoms with E-state index >= 15 is 0 Å². The van der Waals surface area contributed by atoms with Crippen molar-refractivity contribution in [2.45, 2.75) is 76.3 Å². The number of aliphatic carboxylic acids is 1. The summed E-state index contributed by atoms with van der Waals surface area (Å²) in [6.07, 6.45) is 7.98. The Morgan fingerprint density at radius 3 is 2.48 bits per heavy atom. The summed E-state index contributed by atoms with van der Waals surface area (Å²) in [7, 11) is 0. The van der Waals surface area contributed by atoms with Gasteiger partial charge in [0.05, 0.1) is 6.04 Å². The molecule has 120 valence electrons. The van der Waals surface area contributed by atoms with E-state index in [9.17, 15) is 14.7 Å². The van der Waals surface area contributed by atoms with Crippen molar-refractivity contribution in [1.82, 2.24) is 10.6 Å². The first kappa shape index (κ1) is 16.3. The van der Waals surface area contributed by atoms with Crippen molar-refractivity contribution in [1.29, 1.82) is 0 Å². The molecule has 1 aliphatic heterocycles. The van der Waals surface area contributed by atoms with Crippen molar-refractivity contribution in [2.24, 2.45) is 5.92 Å². The van der Waals surface area contributed by atoms with E-state index in [2.05, 4.69) is 17.6 Å². The first-order valence-corrected chi connectivity index (χ1v) is 8.36. The summed E-state index contributed by atoms with van der Waals surface area (Å²) >= 11 is 0. The van der Waals surface area contributed by atoms with E-state index in [0.717, 1.165) is 51.5 Å². The van der Waals surface area contributed by atoms with Gasteiger partial charge < -0.3 is 15.7 Å². The zero-order chi connectivity index (χ0) is 15.3. The lowest BCUT2D eigenvalue weighted by Crippen LogP contribution is -2.59. The molecule has 1 saturated carbocycles. The largest absolute Gasteiger partial charge is 0.480 e. The van der Waals surface area contributed by atoms with Gasteiger partial charge in [-0.15, -0.1) is 0 Å². The van der Waals surface area contributed by atoms with Gasteiger partial charge in [-0.3, -0.25) is 4.79 Å². The lowest BCUT2D eigenvalue weighted by Gasteiger charge is -2.34. The molecule has 2 rings (SSSR count). The lowest BCUT2D eigenvalue weighted by atomic mass is 9.87. The maximum atomic E-state index is 12.5. The van der Waals surface area contributed by atoms with Crippen LogP contribution in [0, 0.1) is 5.92 Å². The van der Waals surface area contributed by atoms with Gasteiger partial charge in [0.2, 0.25) is 5.91 Å². The highest BCUT2D eigenvalue weighted by Crippen LogP contribution is 2.28. The minimum Gasteiger partial charge on any atom is -0.480 e. The summed E-state index contributed by atoms with van der Waals surface area (Å²) in [5, 5.41) is 15.7. The molecule has 1 aliphatic carbocycles. The summed E-state index contributed by atoms with van der Waals surface area (Å²) in [5.41, 5.74) is -1.05. The van der Waals surface area contributed by atoms with Crippen molar-refractivity contribution in [2.75, 3.05) is 6.54 Å². The molecule has 2 fully saturated rings. The molecule has 21 heavy (non-hydrogen) atoms. The maximum absolute atomic E-state index is 12.5. The van der Waals surface area contributed by atoms with E-state index in [1.165, 1.54) is 0 Å². The molecule has 3 N–H and O–H groups in total. The van der Waals surface area contributed by atoms with Crippen LogP contribution >= 0.6 is 0 Å². The number of hydrogen-bond acceptors (Lipinski definition) is 3. The first-order chi connectivity index (χ1) is 10.1. The van der Waals surface area contributed by atoms with Gasteiger partial charge in [-0.25, -0.2) is 4.79 Å². The van der Waals surface area contributed by atoms with Gasteiger partial charge in [0.15, 0.2) is 0 Å². The number of carbonyl (C=O) groups is 2.